The summed E-state index contributed by atoms with van der Waals surface area (Å²) in [6.45, 7) is 11.2. The predicted molar refractivity (Wildman–Crippen MR) is 119 cm³/mol. The third kappa shape index (κ3) is 4.87. The maximum atomic E-state index is 9.51. The van der Waals surface area contributed by atoms with E-state index in [2.05, 4.69) is 78.2 Å². The van der Waals surface area contributed by atoms with E-state index in [0.717, 1.165) is 18.7 Å². The summed E-state index contributed by atoms with van der Waals surface area (Å²) in [6.07, 6.45) is 3.36. The molecule has 3 aromatic rings. The van der Waals surface area contributed by atoms with Crippen LogP contribution < -0.4 is 5.32 Å². The number of hydrogen-bond donors (Lipinski definition) is 1. The molecule has 0 radical (unpaired) electrons. The zero-order chi connectivity index (χ0) is 21.5. The molecule has 2 heterocycles. The van der Waals surface area contributed by atoms with Gasteiger partial charge < -0.3 is 9.73 Å². The number of nitriles is 1. The Morgan fingerprint density at radius 2 is 1.80 bits per heavy atom. The summed E-state index contributed by atoms with van der Waals surface area (Å²) >= 11 is 0. The van der Waals surface area contributed by atoms with Crippen LogP contribution in [0, 0.1) is 11.3 Å². The lowest BCUT2D eigenvalue weighted by molar-refractivity contribution is 0.227. The van der Waals surface area contributed by atoms with E-state index in [0.29, 0.717) is 24.2 Å². The molecule has 0 fully saturated rings. The average molecular weight is 404 g/mol. The van der Waals surface area contributed by atoms with Gasteiger partial charge in [-0.05, 0) is 42.3 Å². The van der Waals surface area contributed by atoms with Crippen molar-refractivity contribution in [1.29, 1.82) is 5.26 Å². The molecule has 3 rings (SSSR count). The smallest absolute Gasteiger partial charge is 0.232 e. The Hall–Kier alpha value is -3.17. The van der Waals surface area contributed by atoms with E-state index in [1.165, 1.54) is 11.1 Å². The molecule has 0 aliphatic carbocycles. The van der Waals surface area contributed by atoms with Gasteiger partial charge >= 0.3 is 0 Å². The maximum absolute atomic E-state index is 9.51. The van der Waals surface area contributed by atoms with Gasteiger partial charge in [-0.3, -0.25) is 9.88 Å². The van der Waals surface area contributed by atoms with Crippen molar-refractivity contribution in [3.05, 3.63) is 65.6 Å². The van der Waals surface area contributed by atoms with E-state index < -0.39 is 0 Å². The number of rotatable bonds is 9. The van der Waals surface area contributed by atoms with Crippen molar-refractivity contribution in [3.63, 3.8) is 0 Å². The normalized spacial score (nSPS) is 12.2. The molecule has 1 N–H and O–H groups in total. The molecule has 1 aromatic carbocycles. The fourth-order valence-electron chi connectivity index (χ4n) is 3.54. The Labute approximate surface area is 178 Å². The van der Waals surface area contributed by atoms with Crippen LogP contribution in [0.15, 0.2) is 53.2 Å². The first-order valence-electron chi connectivity index (χ1n) is 10.5. The first-order valence-corrected chi connectivity index (χ1v) is 10.5. The van der Waals surface area contributed by atoms with Crippen molar-refractivity contribution in [2.24, 2.45) is 0 Å². The number of likely N-dealkylation sites (N-methyl/N-ethyl adjacent to an activating group) is 1. The minimum Gasteiger partial charge on any atom is -0.419 e. The molecule has 6 nitrogen and oxygen atoms in total. The molecule has 1 atom stereocenters. The van der Waals surface area contributed by atoms with E-state index in [4.69, 9.17) is 4.42 Å². The van der Waals surface area contributed by atoms with E-state index >= 15 is 0 Å². The minimum atomic E-state index is 0.152. The minimum absolute atomic E-state index is 0.152. The van der Waals surface area contributed by atoms with Gasteiger partial charge in [0, 0.05) is 18.9 Å². The quantitative estimate of drug-likeness (QED) is 0.527. The second-order valence-corrected chi connectivity index (χ2v) is 7.49. The van der Waals surface area contributed by atoms with Gasteiger partial charge in [0.2, 0.25) is 17.5 Å². The summed E-state index contributed by atoms with van der Waals surface area (Å²) in [5.74, 6) is 1.29. The molecule has 0 aliphatic rings. The van der Waals surface area contributed by atoms with Crippen molar-refractivity contribution in [2.75, 3.05) is 25.0 Å². The van der Waals surface area contributed by atoms with Crippen molar-refractivity contribution < 1.29 is 4.42 Å². The van der Waals surface area contributed by atoms with Gasteiger partial charge in [0.05, 0.1) is 11.6 Å². The van der Waals surface area contributed by atoms with Crippen LogP contribution in [-0.2, 0) is 0 Å². The van der Waals surface area contributed by atoms with Gasteiger partial charge in [0.25, 0.3) is 0 Å². The van der Waals surface area contributed by atoms with Crippen LogP contribution in [0.4, 0.5) is 5.88 Å². The molecule has 0 amide bonds. The Balaban J connectivity index is 1.84. The fraction of sp³-hybridized carbons (Fsp3) is 0.375. The molecule has 6 heteroatoms. The molecule has 0 unspecified atom stereocenters. The molecule has 0 bridgehead atoms. The van der Waals surface area contributed by atoms with Crippen LogP contribution in [0.5, 0.6) is 0 Å². The predicted octanol–water partition coefficient (Wildman–Crippen LogP) is 5.23. The highest BCUT2D eigenvalue weighted by molar-refractivity contribution is 5.57. The fourth-order valence-corrected chi connectivity index (χ4v) is 3.54. The van der Waals surface area contributed by atoms with Gasteiger partial charge in [-0.1, -0.05) is 52.0 Å². The van der Waals surface area contributed by atoms with E-state index in [1.807, 2.05) is 12.1 Å². The monoisotopic (exact) mass is 403 g/mol. The van der Waals surface area contributed by atoms with Gasteiger partial charge in [-0.15, -0.1) is 0 Å². The Bertz CT molecular complexity index is 969. The molecule has 0 aliphatic heterocycles. The first-order chi connectivity index (χ1) is 14.6. The Morgan fingerprint density at radius 3 is 2.37 bits per heavy atom. The molecule has 0 spiro atoms. The highest BCUT2D eigenvalue weighted by atomic mass is 16.4. The lowest BCUT2D eigenvalue weighted by atomic mass is 9.98. The molecule has 30 heavy (non-hydrogen) atoms. The molecule has 2 aromatic heterocycles. The van der Waals surface area contributed by atoms with Crippen molar-refractivity contribution in [2.45, 2.75) is 39.7 Å². The molecular weight excluding hydrogens is 374 g/mol. The largest absolute Gasteiger partial charge is 0.419 e. The number of hydrogen-bond acceptors (Lipinski definition) is 6. The number of aromatic nitrogens is 2. The van der Waals surface area contributed by atoms with Crippen molar-refractivity contribution in [3.8, 4) is 17.5 Å². The van der Waals surface area contributed by atoms with Gasteiger partial charge in [0.1, 0.15) is 6.07 Å². The van der Waals surface area contributed by atoms with Crippen LogP contribution in [0.2, 0.25) is 0 Å². The van der Waals surface area contributed by atoms with Gasteiger partial charge in [-0.2, -0.15) is 10.2 Å². The van der Waals surface area contributed by atoms with E-state index in [1.54, 1.807) is 12.4 Å². The summed E-state index contributed by atoms with van der Waals surface area (Å²) in [4.78, 5) is 10.8. The van der Waals surface area contributed by atoms with Gasteiger partial charge in [-0.25, -0.2) is 0 Å². The third-order valence-electron chi connectivity index (χ3n) is 5.34. The molecular formula is C24H29N5O. The zero-order valence-electron chi connectivity index (χ0n) is 18.1. The summed E-state index contributed by atoms with van der Waals surface area (Å²) in [6, 6.07) is 14.8. The number of anilines is 1. The lowest BCUT2D eigenvalue weighted by Gasteiger charge is -2.30. The number of benzene rings is 1. The zero-order valence-corrected chi connectivity index (χ0v) is 18.1. The van der Waals surface area contributed by atoms with Crippen LogP contribution in [-0.4, -0.2) is 34.5 Å². The standard InChI is InChI=1S/C24H29N5O/c1-5-29(6-2)22(19-11-9-18(10-12-19)17(3)4)16-27-24-21(14-25)28-23(30-24)20-8-7-13-26-15-20/h7-13,15,17,22,27H,5-6,16H2,1-4H3/t22-/m1/s1. The lowest BCUT2D eigenvalue weighted by Crippen LogP contribution is -2.33. The van der Waals surface area contributed by atoms with Crippen molar-refractivity contribution in [1.82, 2.24) is 14.9 Å². The highest BCUT2D eigenvalue weighted by Gasteiger charge is 2.21. The molecule has 156 valence electrons. The number of nitrogens with zero attached hydrogens (tertiary/aromatic N) is 4. The maximum Gasteiger partial charge on any atom is 0.232 e. The van der Waals surface area contributed by atoms with Crippen LogP contribution in [0.3, 0.4) is 0 Å². The SMILES string of the molecule is CCN(CC)[C@H](CNc1oc(-c2cccnc2)nc1C#N)c1ccc(C(C)C)cc1. The summed E-state index contributed by atoms with van der Waals surface area (Å²) in [7, 11) is 0. The Morgan fingerprint density at radius 1 is 1.10 bits per heavy atom. The summed E-state index contributed by atoms with van der Waals surface area (Å²) in [5.41, 5.74) is 3.56. The third-order valence-corrected chi connectivity index (χ3v) is 5.34. The first kappa shape index (κ1) is 21.5. The second-order valence-electron chi connectivity index (χ2n) is 7.49. The molecule has 0 saturated carbocycles. The molecule has 0 saturated heterocycles. The van der Waals surface area contributed by atoms with E-state index in [9.17, 15) is 5.26 Å². The van der Waals surface area contributed by atoms with Crippen molar-refractivity contribution >= 4 is 5.88 Å². The Kier molecular flexibility index (Phi) is 7.21. The average Bonchev–Trinajstić information content (AvgIpc) is 3.20. The second kappa shape index (κ2) is 10.0. The summed E-state index contributed by atoms with van der Waals surface area (Å²) in [5, 5.41) is 12.8. The number of oxazole rings is 1. The van der Waals surface area contributed by atoms with Crippen LogP contribution in [0.25, 0.3) is 11.5 Å². The van der Waals surface area contributed by atoms with E-state index in [-0.39, 0.29) is 11.7 Å². The highest BCUT2D eigenvalue weighted by Crippen LogP contribution is 2.27. The topological polar surface area (TPSA) is 78.0 Å². The van der Waals surface area contributed by atoms with Crippen LogP contribution >= 0.6 is 0 Å². The van der Waals surface area contributed by atoms with Gasteiger partial charge in [0.15, 0.2) is 0 Å². The number of pyridine rings is 1. The number of nitrogens with one attached hydrogen (secondary N) is 1. The van der Waals surface area contributed by atoms with Crippen LogP contribution in [0.1, 0.15) is 56.5 Å². The summed E-state index contributed by atoms with van der Waals surface area (Å²) < 4.78 is 5.87.